The summed E-state index contributed by atoms with van der Waals surface area (Å²) in [6.07, 6.45) is 2.81. The molecule has 28 heavy (non-hydrogen) atoms. The van der Waals surface area contributed by atoms with Crippen molar-refractivity contribution in [3.8, 4) is 0 Å². The summed E-state index contributed by atoms with van der Waals surface area (Å²) in [5, 5.41) is 2.95. The fourth-order valence-corrected chi connectivity index (χ4v) is 4.94. The van der Waals surface area contributed by atoms with Crippen molar-refractivity contribution in [2.24, 2.45) is 17.3 Å². The quantitative estimate of drug-likeness (QED) is 0.744. The zero-order chi connectivity index (χ0) is 21.1. The number of rotatable bonds is 6. The van der Waals surface area contributed by atoms with E-state index in [0.717, 1.165) is 13.0 Å². The molecule has 1 aliphatic heterocycles. The summed E-state index contributed by atoms with van der Waals surface area (Å²) >= 11 is 0. The fourth-order valence-electron chi connectivity index (χ4n) is 4.94. The highest BCUT2D eigenvalue weighted by Gasteiger charge is 2.42. The number of likely N-dealkylation sites (tertiary alicyclic amines) is 1. The Bertz CT molecular complexity index is 590. The predicted molar refractivity (Wildman–Crippen MR) is 110 cm³/mol. The van der Waals surface area contributed by atoms with Crippen molar-refractivity contribution in [3.63, 3.8) is 0 Å². The van der Waals surface area contributed by atoms with Gasteiger partial charge in [-0.3, -0.25) is 14.5 Å². The number of urea groups is 1. The first-order valence-corrected chi connectivity index (χ1v) is 10.5. The molecule has 1 saturated heterocycles. The number of hydrogen-bond acceptors (Lipinski definition) is 5. The lowest BCUT2D eigenvalue weighted by atomic mass is 9.74. The number of hydrogen-bond donors (Lipinski definition) is 1. The van der Waals surface area contributed by atoms with Crippen LogP contribution < -0.4 is 5.32 Å². The van der Waals surface area contributed by atoms with Gasteiger partial charge in [0.1, 0.15) is 5.78 Å². The number of piperidine rings is 1. The van der Waals surface area contributed by atoms with Crippen LogP contribution >= 0.6 is 0 Å². The molecule has 2 fully saturated rings. The Hall–Kier alpha value is -1.47. The van der Waals surface area contributed by atoms with Crippen LogP contribution in [-0.4, -0.2) is 85.8 Å². The van der Waals surface area contributed by atoms with Crippen LogP contribution in [0.2, 0.25) is 0 Å². The van der Waals surface area contributed by atoms with Crippen molar-refractivity contribution >= 4 is 17.7 Å². The number of fused-ring (bicyclic) bond motifs is 1. The minimum Gasteiger partial charge on any atom is -0.337 e. The van der Waals surface area contributed by atoms with Crippen molar-refractivity contribution in [3.05, 3.63) is 0 Å². The van der Waals surface area contributed by atoms with Gasteiger partial charge in [-0.1, -0.05) is 13.8 Å². The van der Waals surface area contributed by atoms with Crippen LogP contribution in [-0.2, 0) is 9.59 Å². The van der Waals surface area contributed by atoms with E-state index in [9.17, 15) is 14.4 Å². The fraction of sp³-hybridized carbons (Fsp3) is 0.857. The van der Waals surface area contributed by atoms with Crippen LogP contribution in [0, 0.1) is 17.3 Å². The van der Waals surface area contributed by atoms with Crippen LogP contribution in [0.1, 0.15) is 46.5 Å². The molecule has 7 heteroatoms. The van der Waals surface area contributed by atoms with Gasteiger partial charge in [0.25, 0.3) is 0 Å². The number of carbonyl (C=O) groups excluding carboxylic acids is 3. The average Bonchev–Trinajstić information content (AvgIpc) is 2.59. The van der Waals surface area contributed by atoms with Crippen LogP contribution in [0.4, 0.5) is 4.79 Å². The van der Waals surface area contributed by atoms with Crippen LogP contribution in [0.15, 0.2) is 0 Å². The maximum Gasteiger partial charge on any atom is 0.324 e. The van der Waals surface area contributed by atoms with Gasteiger partial charge in [-0.05, 0) is 52.2 Å². The van der Waals surface area contributed by atoms with Crippen molar-refractivity contribution < 1.29 is 14.4 Å². The van der Waals surface area contributed by atoms with Gasteiger partial charge in [0.05, 0.1) is 5.92 Å². The molecule has 0 aromatic rings. The largest absolute Gasteiger partial charge is 0.337 e. The maximum atomic E-state index is 13.1. The summed E-state index contributed by atoms with van der Waals surface area (Å²) in [5.74, 6) is 0.192. The molecule has 1 aliphatic carbocycles. The van der Waals surface area contributed by atoms with Gasteiger partial charge in [0.2, 0.25) is 5.91 Å². The zero-order valence-electron chi connectivity index (χ0n) is 18.5. The maximum absolute atomic E-state index is 13.1. The Morgan fingerprint density at radius 3 is 2.57 bits per heavy atom. The Morgan fingerprint density at radius 2 is 1.96 bits per heavy atom. The van der Waals surface area contributed by atoms with Gasteiger partial charge in [0.15, 0.2) is 0 Å². The molecular formula is C21H38N4O3. The summed E-state index contributed by atoms with van der Waals surface area (Å²) in [6.45, 7) is 8.40. The third-order valence-electron chi connectivity index (χ3n) is 6.05. The highest BCUT2D eigenvalue weighted by Crippen LogP contribution is 2.36. The van der Waals surface area contributed by atoms with E-state index < -0.39 is 0 Å². The van der Waals surface area contributed by atoms with E-state index in [1.54, 1.807) is 0 Å². The molecule has 0 radical (unpaired) electrons. The first kappa shape index (κ1) is 22.8. The summed E-state index contributed by atoms with van der Waals surface area (Å²) < 4.78 is 0. The van der Waals surface area contributed by atoms with E-state index in [-0.39, 0.29) is 29.2 Å². The molecule has 2 aliphatic rings. The first-order valence-electron chi connectivity index (χ1n) is 10.5. The van der Waals surface area contributed by atoms with Crippen LogP contribution in [0.25, 0.3) is 0 Å². The van der Waals surface area contributed by atoms with Crippen LogP contribution in [0.5, 0.6) is 0 Å². The Kier molecular flexibility index (Phi) is 7.62. The van der Waals surface area contributed by atoms with E-state index in [1.165, 1.54) is 4.90 Å². The molecular weight excluding hydrogens is 356 g/mol. The Labute approximate surface area is 169 Å². The second-order valence-corrected chi connectivity index (χ2v) is 9.62. The monoisotopic (exact) mass is 394 g/mol. The number of carbonyl (C=O) groups is 3. The minimum atomic E-state index is -0.316. The molecule has 2 rings (SSSR count). The predicted octanol–water partition coefficient (Wildman–Crippen LogP) is 1.82. The Balaban J connectivity index is 1.98. The number of Topliss-reactive ketones (excluding diaryl/α,β-unsaturated/α-hetero) is 1. The molecule has 0 unspecified atom stereocenters. The highest BCUT2D eigenvalue weighted by atomic mass is 16.2. The number of nitrogens with zero attached hydrogens (tertiary/aromatic N) is 3. The SMILES string of the molecule is CCN(C(=O)NCC(C)(C)CN(C)C)C(=O)[C@@H]1C[C@@H]2CC(=O)CC[C@H]2N(C)C1. The molecule has 0 aromatic heterocycles. The number of ketones is 1. The lowest BCUT2D eigenvalue weighted by Gasteiger charge is -2.45. The molecule has 1 heterocycles. The summed E-state index contributed by atoms with van der Waals surface area (Å²) in [7, 11) is 6.05. The molecule has 0 aromatic carbocycles. The summed E-state index contributed by atoms with van der Waals surface area (Å²) in [5.41, 5.74) is -0.0810. The van der Waals surface area contributed by atoms with Crippen LogP contribution in [0.3, 0.4) is 0 Å². The Morgan fingerprint density at radius 1 is 1.29 bits per heavy atom. The molecule has 3 atom stereocenters. The molecule has 0 bridgehead atoms. The first-order chi connectivity index (χ1) is 13.0. The van der Waals surface area contributed by atoms with Gasteiger partial charge in [0, 0.05) is 45.1 Å². The van der Waals surface area contributed by atoms with Crippen molar-refractivity contribution in [1.29, 1.82) is 0 Å². The summed E-state index contributed by atoms with van der Waals surface area (Å²) in [4.78, 5) is 43.4. The van der Waals surface area contributed by atoms with Gasteiger partial charge < -0.3 is 15.1 Å². The van der Waals surface area contributed by atoms with E-state index in [2.05, 4.69) is 29.0 Å². The van der Waals surface area contributed by atoms with Crippen molar-refractivity contribution in [2.45, 2.75) is 52.5 Å². The van der Waals surface area contributed by atoms with Crippen molar-refractivity contribution in [1.82, 2.24) is 20.0 Å². The lowest BCUT2D eigenvalue weighted by Crippen LogP contribution is -2.55. The molecule has 1 N–H and O–H groups in total. The van der Waals surface area contributed by atoms with Gasteiger partial charge in [-0.2, -0.15) is 0 Å². The van der Waals surface area contributed by atoms with E-state index in [0.29, 0.717) is 50.7 Å². The third kappa shape index (κ3) is 5.77. The molecule has 3 amide bonds. The molecule has 160 valence electrons. The topological polar surface area (TPSA) is 73.0 Å². The van der Waals surface area contributed by atoms with E-state index in [1.807, 2.05) is 28.1 Å². The number of nitrogens with one attached hydrogen (secondary N) is 1. The molecule has 0 spiro atoms. The minimum absolute atomic E-state index is 0.0810. The van der Waals surface area contributed by atoms with Gasteiger partial charge in [-0.25, -0.2) is 4.79 Å². The molecule has 7 nitrogen and oxygen atoms in total. The summed E-state index contributed by atoms with van der Waals surface area (Å²) in [6, 6.07) is 0.0707. The number of imide groups is 1. The average molecular weight is 395 g/mol. The zero-order valence-corrected chi connectivity index (χ0v) is 18.5. The second-order valence-electron chi connectivity index (χ2n) is 9.62. The van der Waals surface area contributed by atoms with E-state index in [4.69, 9.17) is 0 Å². The van der Waals surface area contributed by atoms with Gasteiger partial charge in [-0.15, -0.1) is 0 Å². The lowest BCUT2D eigenvalue weighted by molar-refractivity contribution is -0.138. The standard InChI is InChI=1S/C21H38N4O3/c1-7-25(20(28)22-13-21(2,3)14-23(4)5)19(27)16-10-15-11-17(26)8-9-18(15)24(6)12-16/h15-16,18H,7-14H2,1-6H3,(H,22,28)/t15-,16-,18-/m1/s1. The molecule has 1 saturated carbocycles. The highest BCUT2D eigenvalue weighted by molar-refractivity contribution is 5.95. The van der Waals surface area contributed by atoms with Crippen molar-refractivity contribution in [2.75, 3.05) is 47.3 Å². The third-order valence-corrected chi connectivity index (χ3v) is 6.05. The second kappa shape index (κ2) is 9.35. The smallest absolute Gasteiger partial charge is 0.324 e. The normalized spacial score (nSPS) is 26.1. The van der Waals surface area contributed by atoms with E-state index >= 15 is 0 Å². The van der Waals surface area contributed by atoms with Gasteiger partial charge >= 0.3 is 6.03 Å². The number of amides is 3.